The molecule has 100 valence electrons. The van der Waals surface area contributed by atoms with Crippen molar-refractivity contribution in [1.82, 2.24) is 4.98 Å². The van der Waals surface area contributed by atoms with Crippen molar-refractivity contribution in [3.05, 3.63) is 51.5 Å². The van der Waals surface area contributed by atoms with Crippen molar-refractivity contribution in [3.8, 4) is 0 Å². The summed E-state index contributed by atoms with van der Waals surface area (Å²) in [5, 5.41) is 11.4. The first-order valence-electron chi connectivity index (χ1n) is 6.13. The van der Waals surface area contributed by atoms with Gasteiger partial charge in [-0.3, -0.25) is 0 Å². The topological polar surface area (TPSA) is 50.2 Å². The van der Waals surface area contributed by atoms with Crippen molar-refractivity contribution in [1.29, 1.82) is 0 Å². The van der Waals surface area contributed by atoms with Gasteiger partial charge in [0.15, 0.2) is 5.69 Å². The molecule has 0 saturated carbocycles. The lowest BCUT2D eigenvalue weighted by atomic mass is 9.86. The first kappa shape index (κ1) is 13.7. The van der Waals surface area contributed by atoms with Crippen LogP contribution in [0.4, 0.5) is 0 Å². The van der Waals surface area contributed by atoms with E-state index in [-0.39, 0.29) is 11.1 Å². The van der Waals surface area contributed by atoms with E-state index in [0.29, 0.717) is 0 Å². The predicted molar refractivity (Wildman–Crippen MR) is 77.0 cm³/mol. The molecule has 0 fully saturated rings. The van der Waals surface area contributed by atoms with Crippen LogP contribution >= 0.6 is 11.3 Å². The van der Waals surface area contributed by atoms with E-state index >= 15 is 0 Å². The molecule has 4 heteroatoms. The van der Waals surface area contributed by atoms with Gasteiger partial charge in [0, 0.05) is 10.8 Å². The lowest BCUT2D eigenvalue weighted by molar-refractivity contribution is 0.0691. The number of hydrogen-bond donors (Lipinski definition) is 1. The Morgan fingerprint density at radius 1 is 1.32 bits per heavy atom. The minimum absolute atomic E-state index is 0.136. The van der Waals surface area contributed by atoms with E-state index in [9.17, 15) is 4.79 Å². The predicted octanol–water partition coefficient (Wildman–Crippen LogP) is 3.67. The van der Waals surface area contributed by atoms with E-state index < -0.39 is 5.97 Å². The molecule has 0 aliphatic carbocycles. The van der Waals surface area contributed by atoms with E-state index in [4.69, 9.17) is 5.11 Å². The Kier molecular flexibility index (Phi) is 3.71. The third-order valence-corrected chi connectivity index (χ3v) is 4.28. The Hall–Kier alpha value is -1.68. The Morgan fingerprint density at radius 2 is 1.95 bits per heavy atom. The normalized spacial score (nSPS) is 11.5. The molecular formula is C15H17NO2S. The van der Waals surface area contributed by atoms with Crippen LogP contribution in [0, 0.1) is 6.92 Å². The number of hydrogen-bond acceptors (Lipinski definition) is 3. The molecule has 0 bridgehead atoms. The number of carboxylic acid groups (broad SMARTS) is 1. The van der Waals surface area contributed by atoms with Gasteiger partial charge < -0.3 is 5.11 Å². The van der Waals surface area contributed by atoms with Gasteiger partial charge in [-0.2, -0.15) is 0 Å². The summed E-state index contributed by atoms with van der Waals surface area (Å²) in [6.45, 7) is 6.25. The third kappa shape index (κ3) is 3.20. The molecular weight excluding hydrogens is 258 g/mol. The number of aromatic carboxylic acids is 1. The summed E-state index contributed by atoms with van der Waals surface area (Å²) in [4.78, 5) is 15.1. The number of carbonyl (C=O) groups is 1. The number of aryl methyl sites for hydroxylation is 1. The van der Waals surface area contributed by atoms with Crippen LogP contribution in [0.1, 0.15) is 40.5 Å². The van der Waals surface area contributed by atoms with Crippen molar-refractivity contribution in [2.45, 2.75) is 32.6 Å². The van der Waals surface area contributed by atoms with E-state index in [1.54, 1.807) is 5.38 Å². The van der Waals surface area contributed by atoms with E-state index in [0.717, 1.165) is 11.4 Å². The Bertz CT molecular complexity index is 584. The van der Waals surface area contributed by atoms with Gasteiger partial charge in [0.05, 0.1) is 5.01 Å². The highest BCUT2D eigenvalue weighted by molar-refractivity contribution is 7.10. The summed E-state index contributed by atoms with van der Waals surface area (Å²) in [5.41, 5.74) is 2.46. The van der Waals surface area contributed by atoms with Gasteiger partial charge in [-0.1, -0.05) is 43.7 Å². The van der Waals surface area contributed by atoms with Crippen molar-refractivity contribution >= 4 is 17.3 Å². The molecule has 3 nitrogen and oxygen atoms in total. The standard InChI is InChI=1S/C15H17NO2S/c1-10-4-6-11(7-5-10)8-15(2,3)14-16-12(9-19-14)13(17)18/h4-7,9H,8H2,1-3H3,(H,17,18). The number of carboxylic acids is 1. The summed E-state index contributed by atoms with van der Waals surface area (Å²) in [7, 11) is 0. The first-order valence-corrected chi connectivity index (χ1v) is 7.01. The second-order valence-corrected chi connectivity index (χ2v) is 6.25. The molecule has 1 aromatic heterocycles. The maximum absolute atomic E-state index is 10.9. The van der Waals surface area contributed by atoms with Crippen molar-refractivity contribution in [2.24, 2.45) is 0 Å². The fraction of sp³-hybridized carbons (Fsp3) is 0.333. The zero-order valence-corrected chi connectivity index (χ0v) is 12.1. The zero-order valence-electron chi connectivity index (χ0n) is 11.3. The fourth-order valence-corrected chi connectivity index (χ4v) is 2.89. The van der Waals surface area contributed by atoms with Gasteiger partial charge in [-0.05, 0) is 18.9 Å². The molecule has 0 atom stereocenters. The molecule has 0 amide bonds. The van der Waals surface area contributed by atoms with Gasteiger partial charge in [-0.15, -0.1) is 11.3 Å². The van der Waals surface area contributed by atoms with Gasteiger partial charge in [0.1, 0.15) is 0 Å². The van der Waals surface area contributed by atoms with Crippen LogP contribution in [0.25, 0.3) is 0 Å². The van der Waals surface area contributed by atoms with E-state index in [2.05, 4.69) is 50.0 Å². The molecule has 2 aromatic rings. The summed E-state index contributed by atoms with van der Waals surface area (Å²) in [6, 6.07) is 8.41. The quantitative estimate of drug-likeness (QED) is 0.926. The number of aromatic nitrogens is 1. The molecule has 19 heavy (non-hydrogen) atoms. The van der Waals surface area contributed by atoms with Crippen LogP contribution in [0.5, 0.6) is 0 Å². The van der Waals surface area contributed by atoms with Crippen LogP contribution in [-0.4, -0.2) is 16.1 Å². The van der Waals surface area contributed by atoms with E-state index in [1.165, 1.54) is 22.5 Å². The number of thiazole rings is 1. The molecule has 1 N–H and O–H groups in total. The zero-order chi connectivity index (χ0) is 14.0. The second-order valence-electron chi connectivity index (χ2n) is 5.39. The molecule has 0 radical (unpaired) electrons. The summed E-state index contributed by atoms with van der Waals surface area (Å²) < 4.78 is 0. The first-order chi connectivity index (χ1) is 8.88. The van der Waals surface area contributed by atoms with Gasteiger partial charge in [-0.25, -0.2) is 9.78 Å². The van der Waals surface area contributed by atoms with Crippen LogP contribution in [0.15, 0.2) is 29.6 Å². The highest BCUT2D eigenvalue weighted by Crippen LogP contribution is 2.30. The van der Waals surface area contributed by atoms with Crippen LogP contribution in [0.3, 0.4) is 0 Å². The fourth-order valence-electron chi connectivity index (χ4n) is 1.97. The molecule has 1 aromatic carbocycles. The molecule has 2 rings (SSSR count). The summed E-state index contributed by atoms with van der Waals surface area (Å²) >= 11 is 1.42. The Labute approximate surface area is 116 Å². The SMILES string of the molecule is Cc1ccc(CC(C)(C)c2nc(C(=O)O)cs2)cc1. The Morgan fingerprint density at radius 3 is 2.47 bits per heavy atom. The monoisotopic (exact) mass is 275 g/mol. The summed E-state index contributed by atoms with van der Waals surface area (Å²) in [5.74, 6) is -0.964. The largest absolute Gasteiger partial charge is 0.476 e. The van der Waals surface area contributed by atoms with Crippen molar-refractivity contribution < 1.29 is 9.90 Å². The molecule has 1 heterocycles. The van der Waals surface area contributed by atoms with Crippen LogP contribution < -0.4 is 0 Å². The van der Waals surface area contributed by atoms with Gasteiger partial charge >= 0.3 is 5.97 Å². The summed E-state index contributed by atoms with van der Waals surface area (Å²) in [6.07, 6.45) is 0.847. The minimum Gasteiger partial charge on any atom is -0.476 e. The van der Waals surface area contributed by atoms with Crippen molar-refractivity contribution in [3.63, 3.8) is 0 Å². The van der Waals surface area contributed by atoms with Crippen LogP contribution in [-0.2, 0) is 11.8 Å². The van der Waals surface area contributed by atoms with Crippen LogP contribution in [0.2, 0.25) is 0 Å². The molecule has 0 saturated heterocycles. The third-order valence-electron chi connectivity index (χ3n) is 3.07. The lowest BCUT2D eigenvalue weighted by Gasteiger charge is -2.22. The highest BCUT2D eigenvalue weighted by atomic mass is 32.1. The molecule has 0 aliphatic heterocycles. The number of rotatable bonds is 4. The lowest BCUT2D eigenvalue weighted by Crippen LogP contribution is -2.20. The van der Waals surface area contributed by atoms with Crippen molar-refractivity contribution in [2.75, 3.05) is 0 Å². The van der Waals surface area contributed by atoms with Gasteiger partial charge in [0.25, 0.3) is 0 Å². The smallest absolute Gasteiger partial charge is 0.355 e. The maximum Gasteiger partial charge on any atom is 0.355 e. The number of nitrogens with zero attached hydrogens (tertiary/aromatic N) is 1. The van der Waals surface area contributed by atoms with E-state index in [1.807, 2.05) is 0 Å². The minimum atomic E-state index is -0.964. The molecule has 0 aliphatic rings. The Balaban J connectivity index is 2.21. The highest BCUT2D eigenvalue weighted by Gasteiger charge is 2.25. The number of benzene rings is 1. The van der Waals surface area contributed by atoms with Gasteiger partial charge in [0.2, 0.25) is 0 Å². The average molecular weight is 275 g/mol. The maximum atomic E-state index is 10.9. The molecule has 0 spiro atoms. The molecule has 0 unspecified atom stereocenters. The second kappa shape index (κ2) is 5.13. The average Bonchev–Trinajstić information content (AvgIpc) is 2.82.